The molecule has 1 saturated heterocycles. The minimum Gasteiger partial charge on any atom is -0.467 e. The van der Waals surface area contributed by atoms with Gasteiger partial charge in [-0.1, -0.05) is 20.3 Å². The van der Waals surface area contributed by atoms with E-state index < -0.39 is 54.5 Å². The molecule has 0 aliphatic carbocycles. The largest absolute Gasteiger partial charge is 0.467 e. The number of hydrogen-bond acceptors (Lipinski definition) is 8. The van der Waals surface area contributed by atoms with Gasteiger partial charge in [0.2, 0.25) is 17.7 Å². The van der Waals surface area contributed by atoms with Gasteiger partial charge in [-0.3, -0.25) is 14.4 Å². The summed E-state index contributed by atoms with van der Waals surface area (Å²) in [6, 6.07) is -3.84. The SMILES string of the molecule is CC[C@H](C)[C@H](N)C(=O)N[C@@H](Cc1c[nH]cn1)C(=O)N1CCC[C@H]1C(=O)N[C@@H](CO)C(=O)OC.Cl. The van der Waals surface area contributed by atoms with Gasteiger partial charge in [-0.05, 0) is 18.8 Å². The zero-order valence-electron chi connectivity index (χ0n) is 19.7. The van der Waals surface area contributed by atoms with Gasteiger partial charge in [0.05, 0.1) is 31.8 Å². The topological polar surface area (TPSA) is 180 Å². The molecule has 13 heteroatoms. The molecule has 1 aromatic rings. The molecule has 1 aliphatic rings. The number of imidazole rings is 1. The molecule has 5 atom stereocenters. The predicted octanol–water partition coefficient (Wildman–Crippen LogP) is -1.13. The van der Waals surface area contributed by atoms with E-state index in [-0.39, 0.29) is 24.7 Å². The second-order valence-corrected chi connectivity index (χ2v) is 8.19. The lowest BCUT2D eigenvalue weighted by atomic mass is 9.98. The van der Waals surface area contributed by atoms with Gasteiger partial charge in [0.15, 0.2) is 6.04 Å². The van der Waals surface area contributed by atoms with Gasteiger partial charge in [0.25, 0.3) is 0 Å². The quantitative estimate of drug-likeness (QED) is 0.236. The number of carbonyl (C=O) groups excluding carboxylic acids is 4. The monoisotopic (exact) mass is 502 g/mol. The number of esters is 1. The van der Waals surface area contributed by atoms with Gasteiger partial charge in [0.1, 0.15) is 12.1 Å². The zero-order chi connectivity index (χ0) is 24.5. The summed E-state index contributed by atoms with van der Waals surface area (Å²) in [5, 5.41) is 14.5. The van der Waals surface area contributed by atoms with Crippen LogP contribution in [0.2, 0.25) is 0 Å². The Balaban J connectivity index is 0.00000578. The van der Waals surface area contributed by atoms with Crippen LogP contribution in [0.1, 0.15) is 38.8 Å². The maximum Gasteiger partial charge on any atom is 0.330 e. The first-order chi connectivity index (χ1) is 15.7. The van der Waals surface area contributed by atoms with Gasteiger partial charge >= 0.3 is 5.97 Å². The van der Waals surface area contributed by atoms with Crippen LogP contribution in [0.3, 0.4) is 0 Å². The number of aromatic nitrogens is 2. The van der Waals surface area contributed by atoms with E-state index in [2.05, 4.69) is 25.3 Å². The standard InChI is InChI=1S/C21H34N6O6.ClH/c1-4-12(2)17(22)19(30)25-14(8-13-9-23-11-24-13)20(31)27-7-5-6-16(27)18(29)26-15(10-28)21(32)33-3;/h9,11-12,14-17,28H,4-8,10,22H2,1-3H3,(H,23,24)(H,25,30)(H,26,29);1H/t12-,14-,15-,16-,17-;/m0./s1. The number of methoxy groups -OCH3 is 1. The molecule has 3 amide bonds. The fourth-order valence-electron chi connectivity index (χ4n) is 3.68. The first-order valence-electron chi connectivity index (χ1n) is 11.1. The molecule has 6 N–H and O–H groups in total. The number of H-pyrrole nitrogens is 1. The van der Waals surface area contributed by atoms with Crippen LogP contribution in [0.25, 0.3) is 0 Å². The molecule has 1 aliphatic heterocycles. The number of aromatic amines is 1. The van der Waals surface area contributed by atoms with Gasteiger partial charge in [-0.2, -0.15) is 0 Å². The number of aliphatic hydroxyl groups is 1. The summed E-state index contributed by atoms with van der Waals surface area (Å²) >= 11 is 0. The molecule has 192 valence electrons. The number of amides is 3. The molecule has 0 saturated carbocycles. The lowest BCUT2D eigenvalue weighted by molar-refractivity contribution is -0.147. The van der Waals surface area contributed by atoms with E-state index in [0.29, 0.717) is 31.5 Å². The number of hydrogen-bond donors (Lipinski definition) is 5. The molecule has 1 aromatic heterocycles. The molecule has 1 fully saturated rings. The van der Waals surface area contributed by atoms with E-state index in [1.54, 1.807) is 6.20 Å². The fraction of sp³-hybridized carbons (Fsp3) is 0.667. The molecule has 0 spiro atoms. The number of nitrogens with two attached hydrogens (primary N) is 1. The summed E-state index contributed by atoms with van der Waals surface area (Å²) in [4.78, 5) is 59.0. The molecular weight excluding hydrogens is 468 g/mol. The highest BCUT2D eigenvalue weighted by Gasteiger charge is 2.39. The normalized spacial score (nSPS) is 18.7. The fourth-order valence-corrected chi connectivity index (χ4v) is 3.68. The summed E-state index contributed by atoms with van der Waals surface area (Å²) in [6.45, 7) is 3.45. The second kappa shape index (κ2) is 13.9. The summed E-state index contributed by atoms with van der Waals surface area (Å²) < 4.78 is 4.57. The molecule has 12 nitrogen and oxygen atoms in total. The molecule has 0 unspecified atom stereocenters. The summed E-state index contributed by atoms with van der Waals surface area (Å²) in [6.07, 6.45) is 4.86. The highest BCUT2D eigenvalue weighted by molar-refractivity contribution is 5.94. The predicted molar refractivity (Wildman–Crippen MR) is 125 cm³/mol. The van der Waals surface area contributed by atoms with E-state index in [4.69, 9.17) is 5.73 Å². The Labute approximate surface area is 204 Å². The number of likely N-dealkylation sites (tertiary alicyclic amines) is 1. The maximum atomic E-state index is 13.4. The molecule has 2 rings (SSSR count). The molecule has 34 heavy (non-hydrogen) atoms. The molecule has 2 heterocycles. The third-order valence-corrected chi connectivity index (χ3v) is 5.97. The Morgan fingerprint density at radius 3 is 2.59 bits per heavy atom. The number of ether oxygens (including phenoxy) is 1. The Kier molecular flexibility index (Phi) is 12.0. The first-order valence-corrected chi connectivity index (χ1v) is 11.1. The molecule has 0 aromatic carbocycles. The third-order valence-electron chi connectivity index (χ3n) is 5.97. The van der Waals surface area contributed by atoms with Crippen molar-refractivity contribution in [2.45, 2.75) is 63.7 Å². The minimum atomic E-state index is -1.23. The van der Waals surface area contributed by atoms with E-state index >= 15 is 0 Å². The number of halogens is 1. The van der Waals surface area contributed by atoms with E-state index in [1.165, 1.54) is 11.2 Å². The summed E-state index contributed by atoms with van der Waals surface area (Å²) in [7, 11) is 1.15. The van der Waals surface area contributed by atoms with Crippen molar-refractivity contribution >= 4 is 36.1 Å². The molecule has 0 radical (unpaired) electrons. The van der Waals surface area contributed by atoms with E-state index in [1.807, 2.05) is 13.8 Å². The summed E-state index contributed by atoms with van der Waals surface area (Å²) in [5.74, 6) is -2.34. The van der Waals surface area contributed by atoms with Crippen molar-refractivity contribution < 1.29 is 29.0 Å². The van der Waals surface area contributed by atoms with Crippen molar-refractivity contribution in [3.8, 4) is 0 Å². The average molecular weight is 503 g/mol. The van der Waals surface area contributed by atoms with Crippen LogP contribution in [-0.2, 0) is 30.3 Å². The molecule has 0 bridgehead atoms. The van der Waals surface area contributed by atoms with E-state index in [9.17, 15) is 24.3 Å². The lowest BCUT2D eigenvalue weighted by Crippen LogP contribution is -2.58. The van der Waals surface area contributed by atoms with Crippen LogP contribution in [0.4, 0.5) is 0 Å². The van der Waals surface area contributed by atoms with Crippen molar-refractivity contribution in [3.63, 3.8) is 0 Å². The number of carbonyl (C=O) groups is 4. The Hall–Kier alpha value is -2.70. The number of aliphatic hydroxyl groups excluding tert-OH is 1. The Morgan fingerprint density at radius 1 is 1.32 bits per heavy atom. The van der Waals surface area contributed by atoms with Crippen molar-refractivity contribution in [1.29, 1.82) is 0 Å². The van der Waals surface area contributed by atoms with Crippen LogP contribution in [0.5, 0.6) is 0 Å². The van der Waals surface area contributed by atoms with Crippen molar-refractivity contribution in [2.24, 2.45) is 11.7 Å². The second-order valence-electron chi connectivity index (χ2n) is 8.19. The van der Waals surface area contributed by atoms with Crippen LogP contribution < -0.4 is 16.4 Å². The Bertz CT molecular complexity index is 823. The van der Waals surface area contributed by atoms with Crippen LogP contribution in [0.15, 0.2) is 12.5 Å². The number of rotatable bonds is 11. The van der Waals surface area contributed by atoms with Gasteiger partial charge < -0.3 is 36.1 Å². The number of nitrogens with one attached hydrogen (secondary N) is 3. The third kappa shape index (κ3) is 7.40. The van der Waals surface area contributed by atoms with Gasteiger partial charge in [-0.25, -0.2) is 9.78 Å². The number of nitrogens with zero attached hydrogens (tertiary/aromatic N) is 2. The van der Waals surface area contributed by atoms with Crippen molar-refractivity contribution in [2.75, 3.05) is 20.3 Å². The van der Waals surface area contributed by atoms with Crippen LogP contribution >= 0.6 is 12.4 Å². The first kappa shape index (κ1) is 29.3. The van der Waals surface area contributed by atoms with Gasteiger partial charge in [0, 0.05) is 19.2 Å². The van der Waals surface area contributed by atoms with Crippen LogP contribution in [-0.4, -0.2) is 88.1 Å². The highest BCUT2D eigenvalue weighted by Crippen LogP contribution is 2.20. The summed E-state index contributed by atoms with van der Waals surface area (Å²) in [5.41, 5.74) is 6.61. The minimum absolute atomic E-state index is 0. The van der Waals surface area contributed by atoms with Gasteiger partial charge in [-0.15, -0.1) is 12.4 Å². The maximum absolute atomic E-state index is 13.4. The van der Waals surface area contributed by atoms with Crippen molar-refractivity contribution in [1.82, 2.24) is 25.5 Å². The smallest absolute Gasteiger partial charge is 0.330 e. The lowest BCUT2D eigenvalue weighted by Gasteiger charge is -2.30. The van der Waals surface area contributed by atoms with E-state index in [0.717, 1.165) is 7.11 Å². The van der Waals surface area contributed by atoms with Crippen molar-refractivity contribution in [3.05, 3.63) is 18.2 Å². The zero-order valence-corrected chi connectivity index (χ0v) is 20.5. The molecular formula is C21H35ClN6O6. The average Bonchev–Trinajstić information content (AvgIpc) is 3.52. The van der Waals surface area contributed by atoms with Crippen LogP contribution in [0, 0.1) is 5.92 Å². The Morgan fingerprint density at radius 2 is 2.03 bits per heavy atom. The highest BCUT2D eigenvalue weighted by atomic mass is 35.5.